The smallest absolute Gasteiger partial charge is 0.239 e. The second kappa shape index (κ2) is 5.35. The van der Waals surface area contributed by atoms with Gasteiger partial charge in [-0.25, -0.2) is 9.37 Å². The Morgan fingerprint density at radius 1 is 1.58 bits per heavy atom. The molecule has 1 unspecified atom stereocenters. The number of likely N-dealkylation sites (N-methyl/N-ethyl adjacent to an activating group) is 1. The molecule has 1 N–H and O–H groups in total. The Morgan fingerprint density at radius 2 is 2.26 bits per heavy atom. The lowest BCUT2D eigenvalue weighted by atomic mass is 10.3. The first-order valence-corrected chi connectivity index (χ1v) is 6.45. The maximum atomic E-state index is 13.6. The first kappa shape index (κ1) is 14.1. The van der Waals surface area contributed by atoms with Gasteiger partial charge < -0.3 is 9.88 Å². The second-order valence-electron chi connectivity index (χ2n) is 4.10. The minimum atomic E-state index is -0.555. The Kier molecular flexibility index (Phi) is 3.96. The molecule has 1 atom stereocenters. The highest BCUT2D eigenvalue weighted by Crippen LogP contribution is 2.28. The van der Waals surface area contributed by atoms with Crippen LogP contribution in [0, 0.1) is 5.82 Å². The summed E-state index contributed by atoms with van der Waals surface area (Å²) >= 11 is 11.8. The molecule has 1 aromatic heterocycles. The maximum Gasteiger partial charge on any atom is 0.239 e. The van der Waals surface area contributed by atoms with E-state index in [4.69, 9.17) is 23.2 Å². The third-order valence-corrected chi connectivity index (χ3v) is 3.24. The quantitative estimate of drug-likeness (QED) is 0.886. The number of hydrogen-bond acceptors (Lipinski definition) is 2. The number of aromatic nitrogens is 2. The van der Waals surface area contributed by atoms with Gasteiger partial charge in [0.25, 0.3) is 0 Å². The van der Waals surface area contributed by atoms with Crippen molar-refractivity contribution in [2.24, 2.45) is 0 Å². The molecular weight excluding hydrogens is 292 g/mol. The number of nitrogens with zero attached hydrogens (tertiary/aromatic N) is 2. The van der Waals surface area contributed by atoms with E-state index in [1.165, 1.54) is 19.2 Å². The number of amides is 1. The highest BCUT2D eigenvalue weighted by atomic mass is 35.5. The summed E-state index contributed by atoms with van der Waals surface area (Å²) in [6.45, 7) is 1.77. The van der Waals surface area contributed by atoms with Gasteiger partial charge >= 0.3 is 0 Å². The molecular formula is C12H12Cl2FN3O. The van der Waals surface area contributed by atoms with Crippen LogP contribution in [-0.4, -0.2) is 22.5 Å². The Labute approximate surface area is 119 Å². The van der Waals surface area contributed by atoms with Crippen molar-refractivity contribution in [2.75, 3.05) is 7.05 Å². The van der Waals surface area contributed by atoms with E-state index in [9.17, 15) is 9.18 Å². The van der Waals surface area contributed by atoms with Crippen molar-refractivity contribution in [3.05, 3.63) is 28.8 Å². The number of carbonyl (C=O) groups excluding carboxylic acids is 1. The summed E-state index contributed by atoms with van der Waals surface area (Å²) < 4.78 is 15.1. The third kappa shape index (κ3) is 2.67. The average Bonchev–Trinajstić information content (AvgIpc) is 2.68. The number of imidazole rings is 1. The maximum absolute atomic E-state index is 13.6. The largest absolute Gasteiger partial charge is 0.358 e. The summed E-state index contributed by atoms with van der Waals surface area (Å²) in [6.07, 6.45) is 0. The molecule has 1 aromatic carbocycles. The molecule has 0 aliphatic heterocycles. The Hall–Kier alpha value is -1.33. The van der Waals surface area contributed by atoms with Crippen molar-refractivity contribution < 1.29 is 9.18 Å². The number of hydrogen-bond donors (Lipinski definition) is 1. The predicted molar refractivity (Wildman–Crippen MR) is 73.0 cm³/mol. The van der Waals surface area contributed by atoms with E-state index in [2.05, 4.69) is 10.3 Å². The molecule has 0 spiro atoms. The third-order valence-electron chi connectivity index (χ3n) is 2.76. The first-order chi connectivity index (χ1) is 8.93. The minimum absolute atomic E-state index is 0.00846. The molecule has 0 bridgehead atoms. The standard InChI is InChI=1S/C12H12Cl2FN3O/c1-6(13)12-17-9-3-7(14)8(15)4-10(9)18(12)5-11(19)16-2/h3-4,6H,5H2,1-2H3,(H,16,19). The van der Waals surface area contributed by atoms with Crippen LogP contribution in [0.15, 0.2) is 12.1 Å². The minimum Gasteiger partial charge on any atom is -0.358 e. The van der Waals surface area contributed by atoms with Gasteiger partial charge in [-0.3, -0.25) is 4.79 Å². The Balaban J connectivity index is 2.65. The van der Waals surface area contributed by atoms with Crippen molar-refractivity contribution in [3.8, 4) is 0 Å². The highest BCUT2D eigenvalue weighted by Gasteiger charge is 2.18. The zero-order valence-electron chi connectivity index (χ0n) is 10.4. The van der Waals surface area contributed by atoms with Gasteiger partial charge in [0.05, 0.1) is 21.4 Å². The fraction of sp³-hybridized carbons (Fsp3) is 0.333. The van der Waals surface area contributed by atoms with Crippen molar-refractivity contribution in [1.29, 1.82) is 0 Å². The van der Waals surface area contributed by atoms with E-state index in [0.717, 1.165) is 0 Å². The number of halogens is 3. The summed E-state index contributed by atoms with van der Waals surface area (Å²) in [7, 11) is 1.53. The summed E-state index contributed by atoms with van der Waals surface area (Å²) in [4.78, 5) is 15.8. The van der Waals surface area contributed by atoms with E-state index in [1.807, 2.05) is 0 Å². The number of carbonyl (C=O) groups is 1. The number of alkyl halides is 1. The van der Waals surface area contributed by atoms with Crippen LogP contribution in [0.2, 0.25) is 5.02 Å². The monoisotopic (exact) mass is 303 g/mol. The van der Waals surface area contributed by atoms with Crippen molar-refractivity contribution in [2.45, 2.75) is 18.8 Å². The molecule has 1 heterocycles. The molecule has 0 radical (unpaired) electrons. The second-order valence-corrected chi connectivity index (χ2v) is 5.16. The molecule has 0 saturated heterocycles. The van der Waals surface area contributed by atoms with Crippen LogP contribution in [0.4, 0.5) is 4.39 Å². The van der Waals surface area contributed by atoms with Crippen LogP contribution < -0.4 is 5.32 Å². The zero-order chi connectivity index (χ0) is 14.2. The zero-order valence-corrected chi connectivity index (χ0v) is 11.9. The molecule has 1 amide bonds. The van der Waals surface area contributed by atoms with Crippen molar-refractivity contribution >= 4 is 40.1 Å². The van der Waals surface area contributed by atoms with Gasteiger partial charge in [-0.15, -0.1) is 11.6 Å². The number of benzene rings is 1. The van der Waals surface area contributed by atoms with Crippen LogP contribution in [0.1, 0.15) is 18.1 Å². The molecule has 7 heteroatoms. The number of rotatable bonds is 3. The molecule has 2 rings (SSSR count). The summed E-state index contributed by atoms with van der Waals surface area (Å²) in [5.41, 5.74) is 1.01. The van der Waals surface area contributed by atoms with Crippen LogP contribution in [0.5, 0.6) is 0 Å². The summed E-state index contributed by atoms with van der Waals surface area (Å²) in [5.74, 6) is -0.267. The molecule has 19 heavy (non-hydrogen) atoms. The van der Waals surface area contributed by atoms with Crippen LogP contribution >= 0.6 is 23.2 Å². The van der Waals surface area contributed by atoms with Gasteiger partial charge in [0.2, 0.25) is 5.91 Å². The van der Waals surface area contributed by atoms with Crippen molar-refractivity contribution in [3.63, 3.8) is 0 Å². The van der Waals surface area contributed by atoms with E-state index < -0.39 is 11.2 Å². The van der Waals surface area contributed by atoms with E-state index >= 15 is 0 Å². The van der Waals surface area contributed by atoms with Gasteiger partial charge in [-0.05, 0) is 13.0 Å². The number of fused-ring (bicyclic) bond motifs is 1. The number of nitrogens with one attached hydrogen (secondary N) is 1. The molecule has 0 aliphatic rings. The molecule has 4 nitrogen and oxygen atoms in total. The normalized spacial score (nSPS) is 12.7. The summed E-state index contributed by atoms with van der Waals surface area (Å²) in [6, 6.07) is 2.69. The molecule has 2 aromatic rings. The lowest BCUT2D eigenvalue weighted by Crippen LogP contribution is -2.24. The van der Waals surface area contributed by atoms with Crippen LogP contribution in [0.25, 0.3) is 11.0 Å². The lowest BCUT2D eigenvalue weighted by Gasteiger charge is -2.09. The molecule has 0 fully saturated rings. The van der Waals surface area contributed by atoms with Gasteiger partial charge in [-0.1, -0.05) is 11.6 Å². The van der Waals surface area contributed by atoms with E-state index in [-0.39, 0.29) is 17.5 Å². The molecule has 102 valence electrons. The summed E-state index contributed by atoms with van der Waals surface area (Å²) in [5, 5.41) is 2.10. The topological polar surface area (TPSA) is 46.9 Å². The van der Waals surface area contributed by atoms with Crippen molar-refractivity contribution in [1.82, 2.24) is 14.9 Å². The highest BCUT2D eigenvalue weighted by molar-refractivity contribution is 6.31. The van der Waals surface area contributed by atoms with Crippen LogP contribution in [0.3, 0.4) is 0 Å². The van der Waals surface area contributed by atoms with Gasteiger partial charge in [-0.2, -0.15) is 0 Å². The lowest BCUT2D eigenvalue weighted by molar-refractivity contribution is -0.121. The molecule has 0 saturated carbocycles. The average molecular weight is 304 g/mol. The SMILES string of the molecule is CNC(=O)Cn1c(C(C)Cl)nc2cc(Cl)c(F)cc21. The Morgan fingerprint density at radius 3 is 2.84 bits per heavy atom. The van der Waals surface area contributed by atoms with E-state index in [0.29, 0.717) is 16.9 Å². The fourth-order valence-electron chi connectivity index (χ4n) is 1.83. The van der Waals surface area contributed by atoms with E-state index in [1.54, 1.807) is 11.5 Å². The fourth-order valence-corrected chi connectivity index (χ4v) is 2.16. The van der Waals surface area contributed by atoms with Crippen LogP contribution in [-0.2, 0) is 11.3 Å². The van der Waals surface area contributed by atoms with Gasteiger partial charge in [0.1, 0.15) is 18.2 Å². The molecule has 0 aliphatic carbocycles. The predicted octanol–water partition coefficient (Wildman–Crippen LogP) is 2.87. The first-order valence-electron chi connectivity index (χ1n) is 5.64. The van der Waals surface area contributed by atoms with Gasteiger partial charge in [0.15, 0.2) is 0 Å². The van der Waals surface area contributed by atoms with Gasteiger partial charge in [0, 0.05) is 13.1 Å². The Bertz CT molecular complexity index is 639.